The molecule has 1 rings (SSSR count). The quantitative estimate of drug-likeness (QED) is 0.838. The average Bonchev–Trinajstić information content (AvgIpc) is 2.46. The summed E-state index contributed by atoms with van der Waals surface area (Å²) in [6.45, 7) is 8.22. The Morgan fingerprint density at radius 3 is 2.64 bits per heavy atom. The van der Waals surface area contributed by atoms with Crippen LogP contribution in [0.4, 0.5) is 5.69 Å². The SMILES string of the molecule is CCO[C@@](C)(CC(C)C)C(=O)Nc1ccc(OC)c(C#N)c1. The van der Waals surface area contributed by atoms with Gasteiger partial charge in [0.1, 0.15) is 17.4 Å². The lowest BCUT2D eigenvalue weighted by Gasteiger charge is -2.30. The van der Waals surface area contributed by atoms with Gasteiger partial charge in [0.15, 0.2) is 0 Å². The molecule has 22 heavy (non-hydrogen) atoms. The van der Waals surface area contributed by atoms with Crippen LogP contribution < -0.4 is 10.1 Å². The van der Waals surface area contributed by atoms with Gasteiger partial charge in [0, 0.05) is 12.3 Å². The Kier molecular flexibility index (Phi) is 6.39. The first-order valence-electron chi connectivity index (χ1n) is 7.39. The molecule has 5 nitrogen and oxygen atoms in total. The molecule has 0 heterocycles. The molecule has 0 aliphatic carbocycles. The van der Waals surface area contributed by atoms with Gasteiger partial charge in [-0.25, -0.2) is 0 Å². The van der Waals surface area contributed by atoms with Crippen molar-refractivity contribution in [1.29, 1.82) is 5.26 Å². The van der Waals surface area contributed by atoms with Crippen LogP contribution in [0.2, 0.25) is 0 Å². The molecule has 0 saturated carbocycles. The molecule has 1 N–H and O–H groups in total. The molecule has 120 valence electrons. The summed E-state index contributed by atoms with van der Waals surface area (Å²) in [5.41, 5.74) is 0.0367. The van der Waals surface area contributed by atoms with E-state index in [9.17, 15) is 4.79 Å². The average molecular weight is 304 g/mol. The monoisotopic (exact) mass is 304 g/mol. The zero-order valence-electron chi connectivity index (χ0n) is 13.9. The lowest BCUT2D eigenvalue weighted by molar-refractivity contribution is -0.140. The molecule has 1 atom stereocenters. The van der Waals surface area contributed by atoms with Crippen molar-refractivity contribution in [2.45, 2.75) is 39.7 Å². The van der Waals surface area contributed by atoms with Crippen LogP contribution in [0, 0.1) is 17.2 Å². The van der Waals surface area contributed by atoms with Crippen LogP contribution in [0.5, 0.6) is 5.75 Å². The maximum absolute atomic E-state index is 12.6. The van der Waals surface area contributed by atoms with Crippen molar-refractivity contribution >= 4 is 11.6 Å². The number of nitrogens with zero attached hydrogens (tertiary/aromatic N) is 1. The van der Waals surface area contributed by atoms with E-state index < -0.39 is 5.60 Å². The minimum atomic E-state index is -0.893. The zero-order chi connectivity index (χ0) is 16.8. The Bertz CT molecular complexity index is 564. The number of anilines is 1. The lowest BCUT2D eigenvalue weighted by Crippen LogP contribution is -2.44. The topological polar surface area (TPSA) is 71.3 Å². The van der Waals surface area contributed by atoms with Gasteiger partial charge in [0.2, 0.25) is 0 Å². The van der Waals surface area contributed by atoms with Gasteiger partial charge in [0.05, 0.1) is 12.7 Å². The number of benzene rings is 1. The third-order valence-corrected chi connectivity index (χ3v) is 3.32. The number of carbonyl (C=O) groups is 1. The number of hydrogen-bond acceptors (Lipinski definition) is 4. The highest BCUT2D eigenvalue weighted by Gasteiger charge is 2.34. The Morgan fingerprint density at radius 2 is 2.14 bits per heavy atom. The molecule has 1 aromatic rings. The highest BCUT2D eigenvalue weighted by molar-refractivity contribution is 5.97. The summed E-state index contributed by atoms with van der Waals surface area (Å²) in [6, 6.07) is 7.01. The van der Waals surface area contributed by atoms with Crippen LogP contribution in [-0.4, -0.2) is 25.2 Å². The number of carbonyl (C=O) groups excluding carboxylic acids is 1. The highest BCUT2D eigenvalue weighted by Crippen LogP contribution is 2.26. The third kappa shape index (κ3) is 4.47. The maximum atomic E-state index is 12.6. The molecule has 0 aliphatic rings. The van der Waals surface area contributed by atoms with E-state index in [0.29, 0.717) is 35.9 Å². The van der Waals surface area contributed by atoms with Crippen molar-refractivity contribution in [3.63, 3.8) is 0 Å². The molecule has 5 heteroatoms. The predicted octanol–water partition coefficient (Wildman–Crippen LogP) is 3.35. The molecule has 0 radical (unpaired) electrons. The normalized spacial score (nSPS) is 13.3. The van der Waals surface area contributed by atoms with Gasteiger partial charge < -0.3 is 14.8 Å². The van der Waals surface area contributed by atoms with Gasteiger partial charge in [-0.05, 0) is 44.4 Å². The van der Waals surface area contributed by atoms with Crippen LogP contribution >= 0.6 is 0 Å². The van der Waals surface area contributed by atoms with E-state index in [-0.39, 0.29) is 5.91 Å². The van der Waals surface area contributed by atoms with Crippen molar-refractivity contribution in [3.05, 3.63) is 23.8 Å². The number of nitriles is 1. The number of hydrogen-bond donors (Lipinski definition) is 1. The number of nitrogens with one attached hydrogen (secondary N) is 1. The minimum Gasteiger partial charge on any atom is -0.495 e. The zero-order valence-corrected chi connectivity index (χ0v) is 13.9. The van der Waals surface area contributed by atoms with Gasteiger partial charge in [-0.2, -0.15) is 5.26 Å². The summed E-state index contributed by atoms with van der Waals surface area (Å²) < 4.78 is 10.8. The van der Waals surface area contributed by atoms with Crippen molar-refractivity contribution in [2.75, 3.05) is 19.0 Å². The first kappa shape index (κ1) is 18.0. The van der Waals surface area contributed by atoms with Gasteiger partial charge >= 0.3 is 0 Å². The molecular weight excluding hydrogens is 280 g/mol. The Labute approximate surface area is 132 Å². The number of ether oxygens (including phenoxy) is 2. The standard InChI is InChI=1S/C17H24N2O3/c1-6-22-17(4,10-12(2)3)16(20)19-14-7-8-15(21-5)13(9-14)11-18/h7-9,12H,6,10H2,1-5H3,(H,19,20)/t17-/m0/s1. The maximum Gasteiger partial charge on any atom is 0.256 e. The predicted molar refractivity (Wildman–Crippen MR) is 85.8 cm³/mol. The fourth-order valence-corrected chi connectivity index (χ4v) is 2.45. The second-order valence-corrected chi connectivity index (χ2v) is 5.74. The van der Waals surface area contributed by atoms with E-state index in [4.69, 9.17) is 14.7 Å². The highest BCUT2D eigenvalue weighted by atomic mass is 16.5. The molecule has 1 aromatic carbocycles. The third-order valence-electron chi connectivity index (χ3n) is 3.32. The smallest absolute Gasteiger partial charge is 0.256 e. The van der Waals surface area contributed by atoms with Crippen LogP contribution in [0.1, 0.15) is 39.7 Å². The van der Waals surface area contributed by atoms with Crippen LogP contribution in [-0.2, 0) is 9.53 Å². The van der Waals surface area contributed by atoms with Crippen LogP contribution in [0.25, 0.3) is 0 Å². The molecule has 0 aromatic heterocycles. The second kappa shape index (κ2) is 7.81. The van der Waals surface area contributed by atoms with E-state index in [1.165, 1.54) is 7.11 Å². The summed E-state index contributed by atoms with van der Waals surface area (Å²) in [5.74, 6) is 0.597. The molecule has 0 unspecified atom stereocenters. The molecule has 0 saturated heterocycles. The van der Waals surface area contributed by atoms with E-state index >= 15 is 0 Å². The number of rotatable bonds is 7. The van der Waals surface area contributed by atoms with Gasteiger partial charge in [-0.15, -0.1) is 0 Å². The van der Waals surface area contributed by atoms with E-state index in [0.717, 1.165) is 0 Å². The summed E-state index contributed by atoms with van der Waals surface area (Å²) in [5, 5.41) is 11.9. The molecule has 0 bridgehead atoms. The molecule has 1 amide bonds. The van der Waals surface area contributed by atoms with Crippen LogP contribution in [0.15, 0.2) is 18.2 Å². The lowest BCUT2D eigenvalue weighted by atomic mass is 9.93. The minimum absolute atomic E-state index is 0.211. The van der Waals surface area contributed by atoms with Crippen molar-refractivity contribution in [3.8, 4) is 11.8 Å². The Morgan fingerprint density at radius 1 is 1.45 bits per heavy atom. The Balaban J connectivity index is 2.97. The van der Waals surface area contributed by atoms with Crippen molar-refractivity contribution in [1.82, 2.24) is 0 Å². The number of methoxy groups -OCH3 is 1. The number of amides is 1. The molecule has 0 fully saturated rings. The van der Waals surface area contributed by atoms with Gasteiger partial charge in [0.25, 0.3) is 5.91 Å². The largest absolute Gasteiger partial charge is 0.495 e. The van der Waals surface area contributed by atoms with Crippen LogP contribution in [0.3, 0.4) is 0 Å². The fourth-order valence-electron chi connectivity index (χ4n) is 2.45. The summed E-state index contributed by atoms with van der Waals surface area (Å²) in [6.07, 6.45) is 0.619. The van der Waals surface area contributed by atoms with E-state index in [2.05, 4.69) is 5.32 Å². The van der Waals surface area contributed by atoms with Gasteiger partial charge in [-0.1, -0.05) is 13.8 Å². The first-order chi connectivity index (χ1) is 10.4. The molecule has 0 spiro atoms. The summed E-state index contributed by atoms with van der Waals surface area (Å²) in [4.78, 5) is 12.6. The summed E-state index contributed by atoms with van der Waals surface area (Å²) in [7, 11) is 1.50. The molecular formula is C17H24N2O3. The molecule has 0 aliphatic heterocycles. The first-order valence-corrected chi connectivity index (χ1v) is 7.39. The fraction of sp³-hybridized carbons (Fsp3) is 0.529. The van der Waals surface area contributed by atoms with Crippen molar-refractivity contribution < 1.29 is 14.3 Å². The Hall–Kier alpha value is -2.06. The van der Waals surface area contributed by atoms with Gasteiger partial charge in [-0.3, -0.25) is 4.79 Å². The van der Waals surface area contributed by atoms with E-state index in [1.807, 2.05) is 26.8 Å². The second-order valence-electron chi connectivity index (χ2n) is 5.74. The van der Waals surface area contributed by atoms with E-state index in [1.54, 1.807) is 25.1 Å². The summed E-state index contributed by atoms with van der Waals surface area (Å²) >= 11 is 0. The van der Waals surface area contributed by atoms with Crippen molar-refractivity contribution in [2.24, 2.45) is 5.92 Å².